The summed E-state index contributed by atoms with van der Waals surface area (Å²) in [5.41, 5.74) is 24.1. The molecule has 0 atom stereocenters. The number of rotatable bonds is 2. The Hall–Kier alpha value is -5.16. The van der Waals surface area contributed by atoms with Gasteiger partial charge in [-0.2, -0.15) is 0 Å². The number of fused-ring (bicyclic) bond motifs is 8. The lowest BCUT2D eigenvalue weighted by Crippen LogP contribution is -2.16. The summed E-state index contributed by atoms with van der Waals surface area (Å²) >= 11 is 0. The first kappa shape index (κ1) is 36.2. The van der Waals surface area contributed by atoms with Crippen LogP contribution in [0.2, 0.25) is 0 Å². The molecule has 0 spiro atoms. The van der Waals surface area contributed by atoms with E-state index < -0.39 is 0 Å². The third-order valence-corrected chi connectivity index (χ3v) is 10.5. The number of nitrogens with one attached hydrogen (secondary N) is 2. The Kier molecular flexibility index (Phi) is 8.52. The first-order chi connectivity index (χ1) is 24.6. The number of anilines is 1. The van der Waals surface area contributed by atoms with E-state index in [0.717, 1.165) is 67.1 Å². The normalized spacial score (nSPS) is 13.6. The summed E-state index contributed by atoms with van der Waals surface area (Å²) in [6, 6.07) is 24.6. The molecule has 8 bridgehead atoms. The maximum absolute atomic E-state index is 6.99. The molecule has 5 aromatic rings. The van der Waals surface area contributed by atoms with Gasteiger partial charge in [0.25, 0.3) is 0 Å². The van der Waals surface area contributed by atoms with E-state index in [1.165, 1.54) is 22.3 Å². The minimum Gasteiger partial charge on any atom is -0.395 e. The van der Waals surface area contributed by atoms with Crippen molar-refractivity contribution >= 4 is 52.1 Å². The van der Waals surface area contributed by atoms with Crippen LogP contribution in [0.5, 0.6) is 0 Å². The summed E-state index contributed by atoms with van der Waals surface area (Å²) < 4.78 is 0. The highest BCUT2D eigenvalue weighted by molar-refractivity contribution is 5.96. The minimum absolute atomic E-state index is 0.0307. The first-order valence-electron chi connectivity index (χ1n) is 18.9. The number of hydrogen-bond donors (Lipinski definition) is 3. The molecule has 0 radical (unpaired) electrons. The molecule has 4 N–H and O–H groups in total. The van der Waals surface area contributed by atoms with Gasteiger partial charge in [0.1, 0.15) is 0 Å². The zero-order chi connectivity index (χ0) is 38.2. The van der Waals surface area contributed by atoms with E-state index >= 15 is 0 Å². The summed E-state index contributed by atoms with van der Waals surface area (Å²) in [5.74, 6) is 0. The summed E-state index contributed by atoms with van der Waals surface area (Å²) in [5, 5.41) is 0. The molecule has 7 rings (SSSR count). The van der Waals surface area contributed by atoms with Gasteiger partial charge >= 0.3 is 0 Å². The highest BCUT2D eigenvalue weighted by Crippen LogP contribution is 2.40. The smallest absolute Gasteiger partial charge is 0.0888 e. The first-order valence-corrected chi connectivity index (χ1v) is 18.9. The standard InChI is InChI=1S/C48H55N5/c1-45(2,3)30-21-28(22-31(25-30)46(4,5)6)42-36-15-13-34(50-36)27-35-14-16-37(51-35)43(29-23-32(47(7,8)9)26-33(24-29)48(10,11)12)39-18-20-41(53-39)44(49)40-19-17-38(42)52-40/h13-27,50,53H,49H2,1-12H3. The van der Waals surface area contributed by atoms with Crippen LogP contribution >= 0.6 is 0 Å². The molecule has 0 amide bonds. The number of nitrogens with zero attached hydrogens (tertiary/aromatic N) is 2. The van der Waals surface area contributed by atoms with Crippen molar-refractivity contribution < 1.29 is 0 Å². The third-order valence-electron chi connectivity index (χ3n) is 10.5. The molecule has 2 aliphatic rings. The third kappa shape index (κ3) is 7.14. The Labute approximate surface area is 315 Å². The summed E-state index contributed by atoms with van der Waals surface area (Å²) in [7, 11) is 0. The van der Waals surface area contributed by atoms with E-state index in [0.29, 0.717) is 5.69 Å². The van der Waals surface area contributed by atoms with Gasteiger partial charge in [0.05, 0.1) is 34.0 Å². The molecule has 2 aliphatic heterocycles. The fourth-order valence-corrected chi connectivity index (χ4v) is 7.04. The monoisotopic (exact) mass is 701 g/mol. The molecular weight excluding hydrogens is 647 g/mol. The summed E-state index contributed by atoms with van der Waals surface area (Å²) in [4.78, 5) is 17.9. The number of hydrogen-bond acceptors (Lipinski definition) is 3. The SMILES string of the molecule is CC(C)(C)c1cc(-c2c3nc(c(N)c4ccc([nH]4)c(-c4cc(C(C)(C)C)cc(C(C)(C)C)c4)c4nc(cc5ccc2[nH]5)C=C4)C=C3)cc(C(C)(C)C)c1. The van der Waals surface area contributed by atoms with Gasteiger partial charge in [0.15, 0.2) is 0 Å². The molecule has 53 heavy (non-hydrogen) atoms. The molecule has 5 heterocycles. The zero-order valence-corrected chi connectivity index (χ0v) is 33.6. The molecule has 5 heteroatoms. The number of aromatic nitrogens is 4. The molecule has 0 unspecified atom stereocenters. The maximum atomic E-state index is 6.99. The Balaban J connectivity index is 1.57. The Morgan fingerprint density at radius 1 is 0.434 bits per heavy atom. The molecule has 2 aromatic carbocycles. The lowest BCUT2D eigenvalue weighted by molar-refractivity contribution is 0.568. The van der Waals surface area contributed by atoms with Crippen molar-refractivity contribution in [3.63, 3.8) is 0 Å². The maximum Gasteiger partial charge on any atom is 0.0888 e. The van der Waals surface area contributed by atoms with Gasteiger partial charge in [-0.15, -0.1) is 0 Å². The molecule has 272 valence electrons. The highest BCUT2D eigenvalue weighted by Gasteiger charge is 2.25. The number of aromatic amines is 2. The molecular formula is C48H55N5. The fourth-order valence-electron chi connectivity index (χ4n) is 7.04. The number of benzene rings is 2. The van der Waals surface area contributed by atoms with Crippen LogP contribution in [0.15, 0.2) is 66.7 Å². The van der Waals surface area contributed by atoms with E-state index in [1.54, 1.807) is 0 Å². The van der Waals surface area contributed by atoms with Crippen molar-refractivity contribution in [2.24, 2.45) is 0 Å². The van der Waals surface area contributed by atoms with Crippen LogP contribution in [-0.4, -0.2) is 19.9 Å². The Morgan fingerprint density at radius 2 is 0.849 bits per heavy atom. The molecule has 0 fully saturated rings. The highest BCUT2D eigenvalue weighted by atomic mass is 14.8. The quantitative estimate of drug-likeness (QED) is 0.168. The van der Waals surface area contributed by atoms with Gasteiger partial charge in [0, 0.05) is 27.7 Å². The predicted molar refractivity (Wildman–Crippen MR) is 229 cm³/mol. The number of nitrogen functional groups attached to an aromatic ring is 1. The van der Waals surface area contributed by atoms with Gasteiger partial charge in [0.2, 0.25) is 0 Å². The van der Waals surface area contributed by atoms with Crippen LogP contribution in [0.1, 0.15) is 128 Å². The average Bonchev–Trinajstić information content (AvgIpc) is 3.88. The lowest BCUT2D eigenvalue weighted by atomic mass is 9.78. The van der Waals surface area contributed by atoms with E-state index in [9.17, 15) is 0 Å². The van der Waals surface area contributed by atoms with Crippen LogP contribution in [0.3, 0.4) is 0 Å². The fraction of sp³-hybridized carbons (Fsp3) is 0.333. The molecule has 3 aromatic heterocycles. The minimum atomic E-state index is -0.0307. The van der Waals surface area contributed by atoms with E-state index in [-0.39, 0.29) is 21.7 Å². The second kappa shape index (κ2) is 12.5. The van der Waals surface area contributed by atoms with Crippen molar-refractivity contribution in [1.82, 2.24) is 19.9 Å². The zero-order valence-electron chi connectivity index (χ0n) is 33.6. The van der Waals surface area contributed by atoms with Crippen molar-refractivity contribution in [3.05, 3.63) is 112 Å². The van der Waals surface area contributed by atoms with E-state index in [4.69, 9.17) is 15.7 Å². The molecule has 0 aliphatic carbocycles. The van der Waals surface area contributed by atoms with E-state index in [2.05, 4.69) is 178 Å². The van der Waals surface area contributed by atoms with Crippen molar-refractivity contribution in [3.8, 4) is 22.3 Å². The predicted octanol–water partition coefficient (Wildman–Crippen LogP) is 12.8. The largest absolute Gasteiger partial charge is 0.395 e. The number of nitrogens with two attached hydrogens (primary N) is 1. The second-order valence-electron chi connectivity index (χ2n) is 19.0. The topological polar surface area (TPSA) is 83.4 Å². The number of H-pyrrole nitrogens is 2. The van der Waals surface area contributed by atoms with Crippen LogP contribution in [0.25, 0.3) is 68.6 Å². The van der Waals surface area contributed by atoms with Gasteiger partial charge in [-0.05, 0) is 110 Å². The van der Waals surface area contributed by atoms with Gasteiger partial charge in [-0.1, -0.05) is 119 Å². The van der Waals surface area contributed by atoms with Crippen LogP contribution < -0.4 is 5.73 Å². The Morgan fingerprint density at radius 3 is 1.36 bits per heavy atom. The van der Waals surface area contributed by atoms with Crippen LogP contribution in [0.4, 0.5) is 5.69 Å². The van der Waals surface area contributed by atoms with Gasteiger partial charge in [-0.25, -0.2) is 9.97 Å². The van der Waals surface area contributed by atoms with Gasteiger partial charge in [-0.3, -0.25) is 0 Å². The lowest BCUT2D eigenvalue weighted by Gasteiger charge is -2.26. The van der Waals surface area contributed by atoms with Crippen molar-refractivity contribution in [1.29, 1.82) is 0 Å². The molecule has 0 saturated carbocycles. The second-order valence-corrected chi connectivity index (χ2v) is 19.0. The molecule has 5 nitrogen and oxygen atoms in total. The average molecular weight is 702 g/mol. The summed E-state index contributed by atoms with van der Waals surface area (Å²) in [6.07, 6.45) is 8.37. The van der Waals surface area contributed by atoms with Crippen molar-refractivity contribution in [2.45, 2.75) is 105 Å². The Bertz CT molecular complexity index is 2350. The van der Waals surface area contributed by atoms with Crippen LogP contribution in [-0.2, 0) is 21.7 Å². The van der Waals surface area contributed by atoms with E-state index in [1.807, 2.05) is 6.08 Å². The van der Waals surface area contributed by atoms with Crippen LogP contribution in [0, 0.1) is 0 Å². The van der Waals surface area contributed by atoms with Crippen molar-refractivity contribution in [2.75, 3.05) is 5.73 Å². The summed E-state index contributed by atoms with van der Waals surface area (Å²) in [6.45, 7) is 27.3. The van der Waals surface area contributed by atoms with Gasteiger partial charge < -0.3 is 15.7 Å². The molecule has 0 saturated heterocycles.